The van der Waals surface area contributed by atoms with E-state index >= 15 is 0 Å². The van der Waals surface area contributed by atoms with Crippen LogP contribution in [-0.2, 0) is 22.2 Å². The van der Waals surface area contributed by atoms with Crippen molar-refractivity contribution in [1.82, 2.24) is 0 Å². The molecule has 0 amide bonds. The number of fused-ring (bicyclic) bond motifs is 1. The van der Waals surface area contributed by atoms with Crippen LogP contribution in [0.5, 0.6) is 0 Å². The van der Waals surface area contributed by atoms with Gasteiger partial charge in [0.15, 0.2) is 0 Å². The smallest absolute Gasteiger partial charge is 0.239 e. The van der Waals surface area contributed by atoms with Gasteiger partial charge in [0.2, 0.25) is 10.0 Å². The Kier molecular flexibility index (Phi) is 3.14. The molecule has 2 aromatic carbocycles. The second-order valence-corrected chi connectivity index (χ2v) is 6.85. The van der Waals surface area contributed by atoms with E-state index in [4.69, 9.17) is 5.73 Å². The Morgan fingerprint density at radius 1 is 1.10 bits per heavy atom. The average Bonchev–Trinajstić information content (AvgIpc) is 2.83. The Labute approximate surface area is 118 Å². The summed E-state index contributed by atoms with van der Waals surface area (Å²) in [6.07, 6.45) is 0.740. The topological polar surface area (TPSA) is 63.4 Å². The third-order valence-corrected chi connectivity index (χ3v) is 5.24. The Morgan fingerprint density at radius 3 is 2.60 bits per heavy atom. The van der Waals surface area contributed by atoms with Crippen LogP contribution in [0.1, 0.15) is 11.1 Å². The molecule has 3 rings (SSSR count). The van der Waals surface area contributed by atoms with E-state index in [1.54, 1.807) is 6.07 Å². The summed E-state index contributed by atoms with van der Waals surface area (Å²) in [5.41, 5.74) is 8.91. The number of benzene rings is 2. The van der Waals surface area contributed by atoms with Crippen LogP contribution in [0.4, 0.5) is 11.4 Å². The average molecular weight is 288 g/mol. The molecule has 0 aromatic heterocycles. The van der Waals surface area contributed by atoms with E-state index in [2.05, 4.69) is 0 Å². The van der Waals surface area contributed by atoms with Crippen LogP contribution in [0, 0.1) is 0 Å². The molecule has 0 atom stereocenters. The first-order valence-electron chi connectivity index (χ1n) is 6.49. The van der Waals surface area contributed by atoms with Crippen LogP contribution in [-0.4, -0.2) is 15.0 Å². The Morgan fingerprint density at radius 2 is 1.85 bits per heavy atom. The number of nitrogens with zero attached hydrogens (tertiary/aromatic N) is 1. The molecular formula is C15H16N2O2S. The molecule has 104 valence electrons. The highest BCUT2D eigenvalue weighted by Gasteiger charge is 2.29. The third-order valence-electron chi connectivity index (χ3n) is 3.49. The van der Waals surface area contributed by atoms with Gasteiger partial charge in [-0.3, -0.25) is 4.31 Å². The van der Waals surface area contributed by atoms with E-state index in [0.29, 0.717) is 12.2 Å². The molecule has 4 nitrogen and oxygen atoms in total. The van der Waals surface area contributed by atoms with Gasteiger partial charge in [0, 0.05) is 12.2 Å². The highest BCUT2D eigenvalue weighted by molar-refractivity contribution is 7.92. The summed E-state index contributed by atoms with van der Waals surface area (Å²) in [7, 11) is -3.37. The molecule has 20 heavy (non-hydrogen) atoms. The molecule has 0 spiro atoms. The monoisotopic (exact) mass is 288 g/mol. The molecule has 1 aliphatic heterocycles. The first-order valence-corrected chi connectivity index (χ1v) is 8.10. The number of sulfonamides is 1. The van der Waals surface area contributed by atoms with Crippen LogP contribution in [0.25, 0.3) is 0 Å². The van der Waals surface area contributed by atoms with E-state index in [9.17, 15) is 8.42 Å². The second-order valence-electron chi connectivity index (χ2n) is 4.95. The molecule has 0 aliphatic carbocycles. The summed E-state index contributed by atoms with van der Waals surface area (Å²) < 4.78 is 26.6. The lowest BCUT2D eigenvalue weighted by molar-refractivity contribution is 0.591. The predicted octanol–water partition coefficient (Wildman–Crippen LogP) is 2.16. The van der Waals surface area contributed by atoms with Crippen molar-refractivity contribution in [3.63, 3.8) is 0 Å². The molecule has 1 aliphatic rings. The molecule has 1 heterocycles. The van der Waals surface area contributed by atoms with Crippen molar-refractivity contribution in [2.75, 3.05) is 16.6 Å². The highest BCUT2D eigenvalue weighted by Crippen LogP contribution is 2.32. The Hall–Kier alpha value is -2.01. The number of hydrogen-bond donors (Lipinski definition) is 1. The van der Waals surface area contributed by atoms with Crippen molar-refractivity contribution in [2.24, 2.45) is 0 Å². The number of nitrogen functional groups attached to an aromatic ring is 1. The zero-order valence-electron chi connectivity index (χ0n) is 11.0. The quantitative estimate of drug-likeness (QED) is 0.880. The Bertz CT molecular complexity index is 727. The lowest BCUT2D eigenvalue weighted by Crippen LogP contribution is -2.30. The van der Waals surface area contributed by atoms with Gasteiger partial charge in [-0.05, 0) is 29.7 Å². The third kappa shape index (κ3) is 2.36. The molecular weight excluding hydrogens is 272 g/mol. The largest absolute Gasteiger partial charge is 0.399 e. The summed E-state index contributed by atoms with van der Waals surface area (Å²) in [5.74, 6) is 0.0160. The molecule has 0 bridgehead atoms. The minimum atomic E-state index is -3.37. The molecule has 0 saturated heterocycles. The summed E-state index contributed by atoms with van der Waals surface area (Å²) in [5, 5.41) is 0. The molecule has 0 unspecified atom stereocenters. The van der Waals surface area contributed by atoms with Gasteiger partial charge in [-0.15, -0.1) is 0 Å². The zero-order chi connectivity index (χ0) is 14.2. The van der Waals surface area contributed by atoms with Crippen molar-refractivity contribution in [1.29, 1.82) is 0 Å². The van der Waals surface area contributed by atoms with Crippen molar-refractivity contribution in [3.8, 4) is 0 Å². The molecule has 0 fully saturated rings. The van der Waals surface area contributed by atoms with Crippen molar-refractivity contribution >= 4 is 21.4 Å². The van der Waals surface area contributed by atoms with Crippen molar-refractivity contribution < 1.29 is 8.42 Å². The van der Waals surface area contributed by atoms with Crippen LogP contribution in [0.3, 0.4) is 0 Å². The normalized spacial score (nSPS) is 14.3. The fourth-order valence-electron chi connectivity index (χ4n) is 2.52. The molecule has 0 saturated carbocycles. The number of hydrogen-bond acceptors (Lipinski definition) is 3. The standard InChI is InChI=1S/C15H16N2O2S/c16-14-7-6-13-8-9-17(15(13)10-14)20(18,19)11-12-4-2-1-3-5-12/h1-7,10H,8-9,11,16H2. The first-order chi connectivity index (χ1) is 9.56. The van der Waals surface area contributed by atoms with E-state index < -0.39 is 10.0 Å². The van der Waals surface area contributed by atoms with Gasteiger partial charge in [0.1, 0.15) is 0 Å². The van der Waals surface area contributed by atoms with Gasteiger partial charge in [0.25, 0.3) is 0 Å². The number of rotatable bonds is 3. The summed E-state index contributed by atoms with van der Waals surface area (Å²) >= 11 is 0. The minimum absolute atomic E-state index is 0.0160. The van der Waals surface area contributed by atoms with E-state index in [1.807, 2.05) is 42.5 Å². The fraction of sp³-hybridized carbons (Fsp3) is 0.200. The lowest BCUT2D eigenvalue weighted by Gasteiger charge is -2.19. The molecule has 0 radical (unpaired) electrons. The maximum atomic E-state index is 12.6. The predicted molar refractivity (Wildman–Crippen MR) is 81.0 cm³/mol. The van der Waals surface area contributed by atoms with Crippen LogP contribution >= 0.6 is 0 Å². The van der Waals surface area contributed by atoms with E-state index in [1.165, 1.54) is 4.31 Å². The molecule has 5 heteroatoms. The highest BCUT2D eigenvalue weighted by atomic mass is 32.2. The van der Waals surface area contributed by atoms with Crippen LogP contribution in [0.2, 0.25) is 0 Å². The van der Waals surface area contributed by atoms with E-state index in [-0.39, 0.29) is 5.75 Å². The summed E-state index contributed by atoms with van der Waals surface area (Å²) in [4.78, 5) is 0. The van der Waals surface area contributed by atoms with Crippen molar-refractivity contribution in [2.45, 2.75) is 12.2 Å². The lowest BCUT2D eigenvalue weighted by atomic mass is 10.1. The summed E-state index contributed by atoms with van der Waals surface area (Å²) in [6.45, 7) is 0.494. The number of nitrogens with two attached hydrogens (primary N) is 1. The number of anilines is 2. The van der Waals surface area contributed by atoms with Gasteiger partial charge in [-0.2, -0.15) is 0 Å². The van der Waals surface area contributed by atoms with Gasteiger partial charge in [-0.25, -0.2) is 8.42 Å². The zero-order valence-corrected chi connectivity index (χ0v) is 11.8. The SMILES string of the molecule is Nc1ccc2c(c1)N(S(=O)(=O)Cc1ccccc1)CC2. The summed E-state index contributed by atoms with van der Waals surface area (Å²) in [6, 6.07) is 14.7. The van der Waals surface area contributed by atoms with Gasteiger partial charge in [-0.1, -0.05) is 36.4 Å². The van der Waals surface area contributed by atoms with Gasteiger partial charge in [0.05, 0.1) is 11.4 Å². The van der Waals surface area contributed by atoms with Crippen LogP contribution < -0.4 is 10.0 Å². The molecule has 2 aromatic rings. The van der Waals surface area contributed by atoms with E-state index in [0.717, 1.165) is 23.2 Å². The minimum Gasteiger partial charge on any atom is -0.399 e. The fourth-order valence-corrected chi connectivity index (χ4v) is 4.13. The van der Waals surface area contributed by atoms with Crippen LogP contribution in [0.15, 0.2) is 48.5 Å². The Balaban J connectivity index is 1.93. The second kappa shape index (κ2) is 4.83. The maximum absolute atomic E-state index is 12.6. The van der Waals surface area contributed by atoms with Gasteiger partial charge < -0.3 is 5.73 Å². The maximum Gasteiger partial charge on any atom is 0.239 e. The molecule has 2 N–H and O–H groups in total. The van der Waals surface area contributed by atoms with Crippen molar-refractivity contribution in [3.05, 3.63) is 59.7 Å². The first kappa shape index (κ1) is 13.0. The van der Waals surface area contributed by atoms with Gasteiger partial charge >= 0.3 is 0 Å².